The maximum absolute atomic E-state index is 12.6. The van der Waals surface area contributed by atoms with Crippen LogP contribution in [0.25, 0.3) is 0 Å². The van der Waals surface area contributed by atoms with Crippen molar-refractivity contribution < 1.29 is 26.8 Å². The second kappa shape index (κ2) is 5.87. The molecule has 1 rings (SSSR count). The highest BCUT2D eigenvalue weighted by atomic mass is 31.2. The van der Waals surface area contributed by atoms with Gasteiger partial charge in [-0.15, -0.1) is 0 Å². The first-order valence-electron chi connectivity index (χ1n) is 5.40. The van der Waals surface area contributed by atoms with Crippen LogP contribution in [0.15, 0.2) is 24.3 Å². The maximum atomic E-state index is 12.6. The Bertz CT molecular complexity index is 435. The number of halogens is 3. The van der Waals surface area contributed by atoms with Crippen LogP contribution >= 0.6 is 7.60 Å². The molecule has 0 saturated carbocycles. The lowest BCUT2D eigenvalue weighted by Crippen LogP contribution is -2.14. The molecule has 0 aliphatic heterocycles. The van der Waals surface area contributed by atoms with Crippen LogP contribution in [0.1, 0.15) is 19.4 Å². The maximum Gasteiger partial charge on any atom is 0.416 e. The normalized spacial score (nSPS) is 12.7. The summed E-state index contributed by atoms with van der Waals surface area (Å²) in [6, 6.07) is 4.20. The van der Waals surface area contributed by atoms with E-state index in [-0.39, 0.29) is 18.5 Å². The van der Waals surface area contributed by atoms with Gasteiger partial charge in [0.2, 0.25) is 0 Å². The van der Waals surface area contributed by atoms with Gasteiger partial charge in [-0.1, -0.05) is 6.07 Å². The van der Waals surface area contributed by atoms with Crippen molar-refractivity contribution >= 4 is 12.9 Å². The largest absolute Gasteiger partial charge is 0.416 e. The zero-order valence-electron chi connectivity index (χ0n) is 10.0. The van der Waals surface area contributed by atoms with Gasteiger partial charge in [-0.25, -0.2) is 0 Å². The molecule has 0 amide bonds. The lowest BCUT2D eigenvalue weighted by molar-refractivity contribution is -0.137. The van der Waals surface area contributed by atoms with Crippen LogP contribution in [-0.2, 0) is 19.8 Å². The molecule has 0 bridgehead atoms. The lowest BCUT2D eigenvalue weighted by atomic mass is 10.2. The predicted molar refractivity (Wildman–Crippen MR) is 61.9 cm³/mol. The van der Waals surface area contributed by atoms with Crippen LogP contribution in [0.2, 0.25) is 0 Å². The third-order valence-corrected chi connectivity index (χ3v) is 4.19. The summed E-state index contributed by atoms with van der Waals surface area (Å²) in [6.45, 7) is 3.37. The van der Waals surface area contributed by atoms with Gasteiger partial charge >= 0.3 is 13.8 Å². The molecule has 0 fully saturated rings. The Kier molecular flexibility index (Phi) is 4.96. The third-order valence-electron chi connectivity index (χ3n) is 2.09. The lowest BCUT2D eigenvalue weighted by Gasteiger charge is -2.18. The van der Waals surface area contributed by atoms with Crippen LogP contribution in [-0.4, -0.2) is 13.2 Å². The Labute approximate surface area is 103 Å². The van der Waals surface area contributed by atoms with Crippen LogP contribution < -0.4 is 5.30 Å². The van der Waals surface area contributed by atoms with E-state index in [0.717, 1.165) is 12.1 Å². The first kappa shape index (κ1) is 15.2. The second-order valence-electron chi connectivity index (χ2n) is 3.38. The molecule has 0 saturated heterocycles. The van der Waals surface area contributed by atoms with Gasteiger partial charge in [-0.2, -0.15) is 13.2 Å². The van der Waals surface area contributed by atoms with E-state index in [1.807, 2.05) is 0 Å². The molecule has 102 valence electrons. The summed E-state index contributed by atoms with van der Waals surface area (Å²) < 4.78 is 59.9. The average molecular weight is 282 g/mol. The van der Waals surface area contributed by atoms with Gasteiger partial charge in [0.05, 0.1) is 24.1 Å². The van der Waals surface area contributed by atoms with E-state index in [2.05, 4.69) is 0 Å². The quantitative estimate of drug-likeness (QED) is 0.774. The summed E-state index contributed by atoms with van der Waals surface area (Å²) in [5, 5.41) is -0.0824. The number of benzene rings is 1. The molecule has 1 aromatic carbocycles. The minimum absolute atomic E-state index is 0.0824. The molecule has 0 spiro atoms. The summed E-state index contributed by atoms with van der Waals surface area (Å²) >= 11 is 0. The Morgan fingerprint density at radius 1 is 1.17 bits per heavy atom. The molecule has 0 unspecified atom stereocenters. The average Bonchev–Trinajstić information content (AvgIpc) is 2.29. The fraction of sp³-hybridized carbons (Fsp3) is 0.455. The number of hydrogen-bond donors (Lipinski definition) is 0. The summed E-state index contributed by atoms with van der Waals surface area (Å²) in [5.41, 5.74) is -0.875. The highest BCUT2D eigenvalue weighted by Crippen LogP contribution is 2.47. The van der Waals surface area contributed by atoms with Gasteiger partial charge in [-0.05, 0) is 32.0 Å². The van der Waals surface area contributed by atoms with Crippen LogP contribution in [0.4, 0.5) is 13.2 Å². The molecule has 0 aromatic heterocycles. The molecule has 0 heterocycles. The van der Waals surface area contributed by atoms with E-state index < -0.39 is 19.3 Å². The number of alkyl halides is 3. The molecule has 3 nitrogen and oxygen atoms in total. The predicted octanol–water partition coefficient (Wildman–Crippen LogP) is 3.60. The van der Waals surface area contributed by atoms with Gasteiger partial charge in [0.25, 0.3) is 0 Å². The fourth-order valence-corrected chi connectivity index (χ4v) is 3.00. The molecule has 0 radical (unpaired) electrons. The van der Waals surface area contributed by atoms with Gasteiger partial charge in [0.1, 0.15) is 0 Å². The molecule has 0 N–H and O–H groups in total. The van der Waals surface area contributed by atoms with E-state index in [0.29, 0.717) is 0 Å². The molecular weight excluding hydrogens is 268 g/mol. The van der Waals surface area contributed by atoms with E-state index in [1.54, 1.807) is 13.8 Å². The van der Waals surface area contributed by atoms with Gasteiger partial charge in [0, 0.05) is 0 Å². The van der Waals surface area contributed by atoms with E-state index in [1.165, 1.54) is 12.1 Å². The molecule has 0 atom stereocenters. The first-order chi connectivity index (χ1) is 8.33. The molecule has 7 heteroatoms. The van der Waals surface area contributed by atoms with Crippen molar-refractivity contribution in [3.8, 4) is 0 Å². The van der Waals surface area contributed by atoms with Gasteiger partial charge < -0.3 is 9.05 Å². The Hall–Kier alpha value is -0.840. The molecule has 0 aliphatic rings. The summed E-state index contributed by atoms with van der Waals surface area (Å²) in [4.78, 5) is 0. The van der Waals surface area contributed by atoms with Crippen molar-refractivity contribution in [1.29, 1.82) is 0 Å². The van der Waals surface area contributed by atoms with Crippen LogP contribution in [0.3, 0.4) is 0 Å². The van der Waals surface area contributed by atoms with Gasteiger partial charge in [-0.3, -0.25) is 4.57 Å². The Morgan fingerprint density at radius 3 is 2.17 bits per heavy atom. The zero-order chi connectivity index (χ0) is 13.8. The summed E-state index contributed by atoms with van der Waals surface area (Å²) in [7, 11) is -3.67. The van der Waals surface area contributed by atoms with E-state index >= 15 is 0 Å². The third kappa shape index (κ3) is 3.57. The molecule has 1 aromatic rings. The van der Waals surface area contributed by atoms with Crippen molar-refractivity contribution in [2.45, 2.75) is 20.0 Å². The minimum Gasteiger partial charge on any atom is -0.305 e. The highest BCUT2D eigenvalue weighted by molar-refractivity contribution is 7.62. The smallest absolute Gasteiger partial charge is 0.305 e. The van der Waals surface area contributed by atoms with Crippen molar-refractivity contribution in [2.75, 3.05) is 13.2 Å². The van der Waals surface area contributed by atoms with Crippen LogP contribution in [0, 0.1) is 0 Å². The molecular formula is C11H14F3O3P. The number of rotatable bonds is 5. The van der Waals surface area contributed by atoms with Crippen molar-refractivity contribution in [3.05, 3.63) is 29.8 Å². The Morgan fingerprint density at radius 2 is 1.72 bits per heavy atom. The zero-order valence-corrected chi connectivity index (χ0v) is 10.9. The fourth-order valence-electron chi connectivity index (χ4n) is 1.38. The van der Waals surface area contributed by atoms with Crippen molar-refractivity contribution in [2.24, 2.45) is 0 Å². The molecule has 0 aliphatic carbocycles. The van der Waals surface area contributed by atoms with Crippen molar-refractivity contribution in [1.82, 2.24) is 0 Å². The number of hydrogen-bond acceptors (Lipinski definition) is 3. The summed E-state index contributed by atoms with van der Waals surface area (Å²) in [6.07, 6.45) is -4.49. The molecule has 18 heavy (non-hydrogen) atoms. The van der Waals surface area contributed by atoms with Crippen LogP contribution in [0.5, 0.6) is 0 Å². The second-order valence-corrected chi connectivity index (χ2v) is 5.41. The Balaban J connectivity index is 3.18. The minimum atomic E-state index is -4.49. The topological polar surface area (TPSA) is 35.5 Å². The van der Waals surface area contributed by atoms with E-state index in [9.17, 15) is 17.7 Å². The SMILES string of the molecule is CCOP(=O)(OCC)c1cccc(C(F)(F)F)c1. The van der Waals surface area contributed by atoms with Gasteiger partial charge in [0.15, 0.2) is 0 Å². The summed E-state index contributed by atoms with van der Waals surface area (Å²) in [5.74, 6) is 0. The first-order valence-corrected chi connectivity index (χ1v) is 6.94. The highest BCUT2D eigenvalue weighted by Gasteiger charge is 2.34. The van der Waals surface area contributed by atoms with Crippen molar-refractivity contribution in [3.63, 3.8) is 0 Å². The standard InChI is InChI=1S/C11H14F3O3P/c1-3-16-18(15,17-4-2)10-7-5-6-9(8-10)11(12,13)14/h5-8H,3-4H2,1-2H3. The monoisotopic (exact) mass is 282 g/mol. The van der Waals surface area contributed by atoms with E-state index in [4.69, 9.17) is 9.05 Å².